The maximum atomic E-state index is 12.6. The summed E-state index contributed by atoms with van der Waals surface area (Å²) in [5.41, 5.74) is 0.357. The highest BCUT2D eigenvalue weighted by atomic mass is 32.2. The quantitative estimate of drug-likeness (QED) is 0.802. The minimum absolute atomic E-state index is 0.101. The zero-order valence-corrected chi connectivity index (χ0v) is 14.8. The van der Waals surface area contributed by atoms with Crippen molar-refractivity contribution in [1.82, 2.24) is 19.8 Å². The molecule has 1 aromatic heterocycles. The van der Waals surface area contributed by atoms with Crippen LogP contribution in [-0.4, -0.2) is 84.9 Å². The maximum absolute atomic E-state index is 12.6. The fourth-order valence-corrected chi connectivity index (χ4v) is 4.71. The van der Waals surface area contributed by atoms with E-state index in [0.717, 1.165) is 13.1 Å². The highest BCUT2D eigenvalue weighted by molar-refractivity contribution is 7.91. The van der Waals surface area contributed by atoms with E-state index in [2.05, 4.69) is 20.2 Å². The second-order valence-corrected chi connectivity index (χ2v) is 8.75. The lowest BCUT2D eigenvalue weighted by Gasteiger charge is -2.32. The fraction of sp³-hybridized carbons (Fsp3) is 0.667. The van der Waals surface area contributed by atoms with Gasteiger partial charge in [0.05, 0.1) is 11.5 Å². The third-order valence-electron chi connectivity index (χ3n) is 4.43. The Hall–Kier alpha value is -1.74. The summed E-state index contributed by atoms with van der Waals surface area (Å²) in [4.78, 5) is 25.2. The highest BCUT2D eigenvalue weighted by Crippen LogP contribution is 2.17. The Bertz CT molecular complexity index is 729. The van der Waals surface area contributed by atoms with Crippen molar-refractivity contribution in [1.29, 1.82) is 0 Å². The molecule has 9 heteroatoms. The minimum Gasteiger partial charge on any atom is -0.366 e. The lowest BCUT2D eigenvalue weighted by atomic mass is 10.2. The van der Waals surface area contributed by atoms with E-state index in [4.69, 9.17) is 0 Å². The minimum atomic E-state index is -2.96. The Morgan fingerprint density at radius 3 is 2.58 bits per heavy atom. The number of nitrogens with zero attached hydrogens (tertiary/aromatic N) is 4. The molecule has 2 aliphatic heterocycles. The number of hydrogen-bond acceptors (Lipinski definition) is 7. The lowest BCUT2D eigenvalue weighted by molar-refractivity contribution is 0.0658. The zero-order valence-electron chi connectivity index (χ0n) is 14.0. The second kappa shape index (κ2) is 6.64. The van der Waals surface area contributed by atoms with E-state index in [1.54, 1.807) is 17.9 Å². The molecule has 0 aliphatic carbocycles. The predicted octanol–water partition coefficient (Wildman–Crippen LogP) is -0.228. The number of carbonyl (C=O) groups excluding carboxylic acids is 1. The van der Waals surface area contributed by atoms with Crippen LogP contribution in [0.25, 0.3) is 0 Å². The van der Waals surface area contributed by atoms with Crippen LogP contribution >= 0.6 is 0 Å². The second-order valence-electron chi connectivity index (χ2n) is 6.53. The van der Waals surface area contributed by atoms with Crippen molar-refractivity contribution in [2.24, 2.45) is 0 Å². The number of hydrogen-bond donors (Lipinski definition) is 1. The SMILES string of the molecule is Cc1nc(NC2CCS(=O)(=O)C2)cc(C(=O)N2CCN(C)CC2)n1. The van der Waals surface area contributed by atoms with Gasteiger partial charge >= 0.3 is 0 Å². The summed E-state index contributed by atoms with van der Waals surface area (Å²) in [6.45, 7) is 4.79. The third kappa shape index (κ3) is 4.02. The number of nitrogens with one attached hydrogen (secondary N) is 1. The van der Waals surface area contributed by atoms with Gasteiger partial charge < -0.3 is 15.1 Å². The van der Waals surface area contributed by atoms with Crippen molar-refractivity contribution in [3.8, 4) is 0 Å². The van der Waals surface area contributed by atoms with Crippen LogP contribution in [0.1, 0.15) is 22.7 Å². The molecular weight excluding hydrogens is 330 g/mol. The topological polar surface area (TPSA) is 95.5 Å². The molecule has 0 saturated carbocycles. The van der Waals surface area contributed by atoms with E-state index in [0.29, 0.717) is 36.8 Å². The van der Waals surface area contributed by atoms with E-state index < -0.39 is 9.84 Å². The van der Waals surface area contributed by atoms with Crippen LogP contribution in [0.15, 0.2) is 6.07 Å². The molecule has 1 amide bonds. The van der Waals surface area contributed by atoms with Crippen LogP contribution in [0.3, 0.4) is 0 Å². The number of aromatic nitrogens is 2. The van der Waals surface area contributed by atoms with Crippen molar-refractivity contribution in [3.63, 3.8) is 0 Å². The van der Waals surface area contributed by atoms with Gasteiger partial charge in [-0.1, -0.05) is 0 Å². The van der Waals surface area contributed by atoms with Crippen molar-refractivity contribution >= 4 is 21.6 Å². The number of aryl methyl sites for hydroxylation is 1. The van der Waals surface area contributed by atoms with Crippen molar-refractivity contribution in [2.45, 2.75) is 19.4 Å². The molecule has 8 nitrogen and oxygen atoms in total. The van der Waals surface area contributed by atoms with Crippen molar-refractivity contribution in [2.75, 3.05) is 50.0 Å². The monoisotopic (exact) mass is 353 g/mol. The van der Waals surface area contributed by atoms with Gasteiger partial charge in [0.25, 0.3) is 5.91 Å². The lowest BCUT2D eigenvalue weighted by Crippen LogP contribution is -2.47. The van der Waals surface area contributed by atoms with E-state index >= 15 is 0 Å². The van der Waals surface area contributed by atoms with Crippen molar-refractivity contribution < 1.29 is 13.2 Å². The molecule has 24 heavy (non-hydrogen) atoms. The van der Waals surface area contributed by atoms with E-state index in [9.17, 15) is 13.2 Å². The molecule has 1 N–H and O–H groups in total. The van der Waals surface area contributed by atoms with Crippen LogP contribution in [0.2, 0.25) is 0 Å². The highest BCUT2D eigenvalue weighted by Gasteiger charge is 2.28. The summed E-state index contributed by atoms with van der Waals surface area (Å²) >= 11 is 0. The van der Waals surface area contributed by atoms with Crippen molar-refractivity contribution in [3.05, 3.63) is 17.6 Å². The standard InChI is InChI=1S/C15H23N5O3S/c1-11-16-13(15(21)20-6-4-19(2)5-7-20)9-14(17-11)18-12-3-8-24(22,23)10-12/h9,12H,3-8,10H2,1-2H3,(H,16,17,18). The molecular formula is C15H23N5O3S. The van der Waals surface area contributed by atoms with Gasteiger partial charge in [-0.2, -0.15) is 0 Å². The first kappa shape index (κ1) is 17.1. The number of anilines is 1. The predicted molar refractivity (Wildman–Crippen MR) is 90.9 cm³/mol. The molecule has 132 valence electrons. The van der Waals surface area contributed by atoms with Crippen LogP contribution < -0.4 is 5.32 Å². The van der Waals surface area contributed by atoms with Crippen LogP contribution in [0.5, 0.6) is 0 Å². The molecule has 0 radical (unpaired) electrons. The van der Waals surface area contributed by atoms with Crippen LogP contribution in [-0.2, 0) is 9.84 Å². The van der Waals surface area contributed by atoms with Gasteiger partial charge in [-0.25, -0.2) is 18.4 Å². The number of carbonyl (C=O) groups is 1. The van der Waals surface area contributed by atoms with Gasteiger partial charge in [-0.15, -0.1) is 0 Å². The number of amides is 1. The van der Waals surface area contributed by atoms with E-state index in [-0.39, 0.29) is 23.5 Å². The third-order valence-corrected chi connectivity index (χ3v) is 6.20. The summed E-state index contributed by atoms with van der Waals surface area (Å²) in [6, 6.07) is 1.47. The molecule has 0 aromatic carbocycles. The fourth-order valence-electron chi connectivity index (χ4n) is 3.04. The van der Waals surface area contributed by atoms with Crippen LogP contribution in [0.4, 0.5) is 5.82 Å². The summed E-state index contributed by atoms with van der Waals surface area (Å²) in [5.74, 6) is 1.22. The number of piperazine rings is 1. The number of rotatable bonds is 3. The van der Waals surface area contributed by atoms with Gasteiger partial charge in [-0.05, 0) is 20.4 Å². The van der Waals surface area contributed by atoms with Gasteiger partial charge in [0.2, 0.25) is 0 Å². The summed E-state index contributed by atoms with van der Waals surface area (Å²) < 4.78 is 23.1. The first-order valence-electron chi connectivity index (χ1n) is 8.13. The summed E-state index contributed by atoms with van der Waals surface area (Å²) in [5, 5.41) is 3.13. The molecule has 1 aromatic rings. The molecule has 2 saturated heterocycles. The first-order valence-corrected chi connectivity index (χ1v) is 9.95. The summed E-state index contributed by atoms with van der Waals surface area (Å²) in [6.07, 6.45) is 0.563. The molecule has 3 rings (SSSR count). The molecule has 2 fully saturated rings. The zero-order chi connectivity index (χ0) is 17.3. The average Bonchev–Trinajstić information content (AvgIpc) is 2.85. The van der Waals surface area contributed by atoms with E-state index in [1.807, 2.05) is 7.05 Å². The Balaban J connectivity index is 1.73. The Labute approximate surface area is 142 Å². The van der Waals surface area contributed by atoms with Crippen LogP contribution in [0, 0.1) is 6.92 Å². The normalized spacial score (nSPS) is 24.1. The first-order chi connectivity index (χ1) is 11.3. The number of likely N-dealkylation sites (N-methyl/N-ethyl adjacent to an activating group) is 1. The Kier molecular flexibility index (Phi) is 4.73. The molecule has 3 heterocycles. The number of sulfone groups is 1. The Morgan fingerprint density at radius 1 is 1.25 bits per heavy atom. The molecule has 2 aliphatic rings. The molecule has 1 atom stereocenters. The average molecular weight is 353 g/mol. The maximum Gasteiger partial charge on any atom is 0.272 e. The Morgan fingerprint density at radius 2 is 1.96 bits per heavy atom. The van der Waals surface area contributed by atoms with Gasteiger partial charge in [0, 0.05) is 38.3 Å². The molecule has 0 spiro atoms. The summed E-state index contributed by atoms with van der Waals surface area (Å²) in [7, 11) is -0.924. The van der Waals surface area contributed by atoms with Gasteiger partial charge in [0.1, 0.15) is 17.3 Å². The molecule has 1 unspecified atom stereocenters. The van der Waals surface area contributed by atoms with E-state index in [1.165, 1.54) is 0 Å². The van der Waals surface area contributed by atoms with Gasteiger partial charge in [-0.3, -0.25) is 4.79 Å². The molecule has 0 bridgehead atoms. The smallest absolute Gasteiger partial charge is 0.272 e. The van der Waals surface area contributed by atoms with Gasteiger partial charge in [0.15, 0.2) is 9.84 Å². The largest absolute Gasteiger partial charge is 0.366 e.